The fourth-order valence-electron chi connectivity index (χ4n) is 2.89. The van der Waals surface area contributed by atoms with Crippen LogP contribution in [-0.2, 0) is 29.0 Å². The lowest BCUT2D eigenvalue weighted by Gasteiger charge is -2.11. The molecule has 1 aromatic carbocycles. The molecule has 2 aromatic rings. The number of hydrogen-bond donors (Lipinski definition) is 4. The molecular weight excluding hydrogens is 426 g/mol. The molecule has 10 heteroatoms. The topological polar surface area (TPSA) is 139 Å². The average Bonchev–Trinajstić information content (AvgIpc) is 3.22. The second-order valence-electron chi connectivity index (χ2n) is 7.39. The van der Waals surface area contributed by atoms with Gasteiger partial charge in [0, 0.05) is 32.8 Å². The normalized spacial score (nSPS) is 11.8. The van der Waals surface area contributed by atoms with Crippen LogP contribution in [0.4, 0.5) is 5.13 Å². The summed E-state index contributed by atoms with van der Waals surface area (Å²) in [6, 6.07) is 7.62. The van der Waals surface area contributed by atoms with Gasteiger partial charge >= 0.3 is 0 Å². The molecule has 0 bridgehead atoms. The second kappa shape index (κ2) is 13.1. The first-order valence-corrected chi connectivity index (χ1v) is 11.2. The summed E-state index contributed by atoms with van der Waals surface area (Å²) >= 11 is 1.38. The van der Waals surface area contributed by atoms with E-state index < -0.39 is 0 Å². The maximum absolute atomic E-state index is 12.4. The summed E-state index contributed by atoms with van der Waals surface area (Å²) in [7, 11) is 3.47. The number of nitrogens with zero attached hydrogens (tertiary/aromatic N) is 3. The Bertz CT molecular complexity index is 955. The molecule has 9 nitrogen and oxygen atoms in total. The first-order chi connectivity index (χ1) is 15.4. The largest absolute Gasteiger partial charge is 0.402 e. The van der Waals surface area contributed by atoms with Crippen LogP contribution < -0.4 is 22.1 Å². The molecule has 0 atom stereocenters. The monoisotopic (exact) mass is 457 g/mol. The average molecular weight is 458 g/mol. The van der Waals surface area contributed by atoms with Gasteiger partial charge in [-0.25, -0.2) is 0 Å². The Hall–Kier alpha value is -3.40. The van der Waals surface area contributed by atoms with Crippen molar-refractivity contribution in [3.63, 3.8) is 0 Å². The molecule has 1 heterocycles. The number of rotatable bonds is 13. The third-order valence-corrected chi connectivity index (χ3v) is 5.45. The van der Waals surface area contributed by atoms with Crippen molar-refractivity contribution < 1.29 is 9.59 Å². The zero-order valence-corrected chi connectivity index (χ0v) is 19.3. The number of nitrogens with one attached hydrogen (secondary N) is 2. The Kier molecular flexibility index (Phi) is 10.2. The van der Waals surface area contributed by atoms with Gasteiger partial charge in [0.05, 0.1) is 12.2 Å². The lowest BCUT2D eigenvalue weighted by Crippen LogP contribution is -2.16. The summed E-state index contributed by atoms with van der Waals surface area (Å²) in [6.45, 7) is 0.501. The molecule has 6 N–H and O–H groups in total. The molecule has 0 spiro atoms. The van der Waals surface area contributed by atoms with E-state index in [2.05, 4.69) is 20.8 Å². The van der Waals surface area contributed by atoms with Gasteiger partial charge in [-0.3, -0.25) is 9.59 Å². The van der Waals surface area contributed by atoms with E-state index in [0.717, 1.165) is 53.9 Å². The number of allylic oxidation sites excluding steroid dienone is 3. The molecule has 172 valence electrons. The Morgan fingerprint density at radius 3 is 2.72 bits per heavy atom. The quantitative estimate of drug-likeness (QED) is 0.205. The summed E-state index contributed by atoms with van der Waals surface area (Å²) in [5, 5.41) is 15.2. The van der Waals surface area contributed by atoms with Gasteiger partial charge in [0.1, 0.15) is 5.01 Å². The zero-order chi connectivity index (χ0) is 23.3. The Morgan fingerprint density at radius 1 is 1.19 bits per heavy atom. The van der Waals surface area contributed by atoms with Crippen molar-refractivity contribution in [1.29, 1.82) is 0 Å². The molecule has 2 amide bonds. The van der Waals surface area contributed by atoms with E-state index in [1.54, 1.807) is 31.1 Å². The van der Waals surface area contributed by atoms with Gasteiger partial charge < -0.3 is 27.0 Å². The number of unbranched alkanes of at least 4 members (excludes halogenated alkanes) is 1. The fourth-order valence-corrected chi connectivity index (χ4v) is 3.68. The predicted octanol–water partition coefficient (Wildman–Crippen LogP) is 1.88. The number of carbonyl (C=O) groups excluding carboxylic acids is 2. The highest BCUT2D eigenvalue weighted by Crippen LogP contribution is 2.18. The molecule has 0 saturated heterocycles. The molecule has 0 fully saturated rings. The molecule has 0 saturated carbocycles. The van der Waals surface area contributed by atoms with Crippen LogP contribution in [0.1, 0.15) is 35.4 Å². The van der Waals surface area contributed by atoms with Gasteiger partial charge in [-0.1, -0.05) is 35.6 Å². The van der Waals surface area contributed by atoms with Crippen LogP contribution in [0.5, 0.6) is 0 Å². The molecule has 1 aromatic heterocycles. The predicted molar refractivity (Wildman–Crippen MR) is 127 cm³/mol. The van der Waals surface area contributed by atoms with Crippen molar-refractivity contribution in [2.45, 2.75) is 38.6 Å². The maximum Gasteiger partial charge on any atom is 0.230 e. The third kappa shape index (κ3) is 9.17. The van der Waals surface area contributed by atoms with Crippen LogP contribution in [0.3, 0.4) is 0 Å². The van der Waals surface area contributed by atoms with Crippen molar-refractivity contribution >= 4 is 28.8 Å². The zero-order valence-electron chi connectivity index (χ0n) is 18.5. The van der Waals surface area contributed by atoms with Crippen molar-refractivity contribution in [2.24, 2.45) is 11.5 Å². The molecule has 0 aliphatic rings. The van der Waals surface area contributed by atoms with Gasteiger partial charge in [-0.15, -0.1) is 10.2 Å². The Labute approximate surface area is 192 Å². The van der Waals surface area contributed by atoms with Gasteiger partial charge in [0.2, 0.25) is 17.4 Å². The van der Waals surface area contributed by atoms with E-state index in [1.165, 1.54) is 11.3 Å². The van der Waals surface area contributed by atoms with Crippen molar-refractivity contribution in [3.8, 4) is 0 Å². The number of benzene rings is 1. The Balaban J connectivity index is 1.76. The maximum atomic E-state index is 12.4. The van der Waals surface area contributed by atoms with Crippen molar-refractivity contribution in [1.82, 2.24) is 20.4 Å². The smallest absolute Gasteiger partial charge is 0.230 e. The first-order valence-electron chi connectivity index (χ1n) is 10.3. The van der Waals surface area contributed by atoms with Gasteiger partial charge in [0.15, 0.2) is 0 Å². The molecule has 32 heavy (non-hydrogen) atoms. The highest BCUT2D eigenvalue weighted by Gasteiger charge is 2.10. The number of carbonyl (C=O) groups is 2. The summed E-state index contributed by atoms with van der Waals surface area (Å²) in [6.07, 6.45) is 7.95. The molecular formula is C22H31N7O2S. The minimum absolute atomic E-state index is 0.152. The first kappa shape index (κ1) is 24.9. The van der Waals surface area contributed by atoms with Crippen LogP contribution in [-0.4, -0.2) is 41.5 Å². The molecule has 0 aliphatic heterocycles. The van der Waals surface area contributed by atoms with E-state index in [4.69, 9.17) is 11.5 Å². The van der Waals surface area contributed by atoms with Gasteiger partial charge in [-0.05, 0) is 42.5 Å². The van der Waals surface area contributed by atoms with Crippen molar-refractivity contribution in [2.75, 3.05) is 19.4 Å². The third-order valence-electron chi connectivity index (χ3n) is 4.55. The van der Waals surface area contributed by atoms with Crippen LogP contribution in [0.25, 0.3) is 0 Å². The number of hydrogen-bond acceptors (Lipinski definition) is 8. The molecule has 2 rings (SSSR count). The lowest BCUT2D eigenvalue weighted by molar-refractivity contribution is -0.117. The SMILES string of the molecule is CN/C(N)=C/C=C(\N)CCCCc1nnc(NC(=O)Cc2cccc(CN(C)C=O)c2)s1. The lowest BCUT2D eigenvalue weighted by atomic mass is 10.1. The van der Waals surface area contributed by atoms with Crippen LogP contribution in [0.2, 0.25) is 0 Å². The molecule has 0 radical (unpaired) electrons. The summed E-state index contributed by atoms with van der Waals surface area (Å²) < 4.78 is 0. The highest BCUT2D eigenvalue weighted by molar-refractivity contribution is 7.15. The number of anilines is 1. The summed E-state index contributed by atoms with van der Waals surface area (Å²) in [4.78, 5) is 24.7. The van der Waals surface area contributed by atoms with E-state index in [9.17, 15) is 9.59 Å². The summed E-state index contributed by atoms with van der Waals surface area (Å²) in [5.74, 6) is 0.412. The van der Waals surface area contributed by atoms with Crippen LogP contribution >= 0.6 is 11.3 Å². The number of aryl methyl sites for hydroxylation is 1. The standard InChI is InChI=1S/C22H31N7O2S/c1-25-19(24)11-10-18(23)8-3-4-9-21-27-28-22(32-21)26-20(31)13-16-6-5-7-17(12-16)14-29(2)15-30/h5-7,10-12,15,25H,3-4,8-9,13-14,23-24H2,1-2H3,(H,26,28,31)/b18-10-,19-11+. The minimum atomic E-state index is -0.152. The van der Waals surface area contributed by atoms with Crippen LogP contribution in [0, 0.1) is 0 Å². The van der Waals surface area contributed by atoms with Crippen LogP contribution in [0.15, 0.2) is 47.9 Å². The second-order valence-corrected chi connectivity index (χ2v) is 8.45. The van der Waals surface area contributed by atoms with E-state index in [1.807, 2.05) is 24.3 Å². The number of amides is 2. The van der Waals surface area contributed by atoms with E-state index >= 15 is 0 Å². The Morgan fingerprint density at radius 2 is 1.97 bits per heavy atom. The molecule has 0 aliphatic carbocycles. The number of aromatic nitrogens is 2. The van der Waals surface area contributed by atoms with E-state index in [0.29, 0.717) is 17.5 Å². The van der Waals surface area contributed by atoms with Gasteiger partial charge in [-0.2, -0.15) is 0 Å². The van der Waals surface area contributed by atoms with E-state index in [-0.39, 0.29) is 12.3 Å². The minimum Gasteiger partial charge on any atom is -0.402 e. The van der Waals surface area contributed by atoms with Crippen molar-refractivity contribution in [3.05, 3.63) is 64.1 Å². The highest BCUT2D eigenvalue weighted by atomic mass is 32.1. The number of nitrogens with two attached hydrogens (primary N) is 2. The molecule has 0 unspecified atom stereocenters. The summed E-state index contributed by atoms with van der Waals surface area (Å²) in [5.41, 5.74) is 14.2. The van der Waals surface area contributed by atoms with Gasteiger partial charge in [0.25, 0.3) is 0 Å². The fraction of sp³-hybridized carbons (Fsp3) is 0.364.